The van der Waals surface area contributed by atoms with E-state index in [2.05, 4.69) is 22.0 Å². The van der Waals surface area contributed by atoms with Crippen molar-refractivity contribution < 1.29 is 15.1 Å². The summed E-state index contributed by atoms with van der Waals surface area (Å²) >= 11 is 0. The average molecular weight is 234 g/mol. The van der Waals surface area contributed by atoms with E-state index in [0.717, 1.165) is 0 Å². The molecule has 5 heteroatoms. The Morgan fingerprint density at radius 1 is 1.59 bits per heavy atom. The normalized spacial score (nSPS) is 10.1. The maximum atomic E-state index is 9.76. The lowest BCUT2D eigenvalue weighted by molar-refractivity contribution is 0.181. The molecule has 0 aromatic carbocycles. The number of hydrogen-bond donors (Lipinski definition) is 2. The van der Waals surface area contributed by atoms with E-state index in [1.165, 1.54) is 12.4 Å². The molecule has 0 aliphatic heterocycles. The topological polar surface area (TPSA) is 74.9 Å². The fraction of sp³-hybridized carbons (Fsp3) is 0.333. The van der Waals surface area contributed by atoms with Gasteiger partial charge in [-0.2, -0.15) is 0 Å². The maximum absolute atomic E-state index is 9.76. The molecule has 0 unspecified atom stereocenters. The second kappa shape index (κ2) is 6.51. The first-order chi connectivity index (χ1) is 8.20. The minimum absolute atomic E-state index is 0.00882. The highest BCUT2D eigenvalue weighted by atomic mass is 16.6. The third-order valence-corrected chi connectivity index (χ3v) is 2.10. The van der Waals surface area contributed by atoms with Crippen molar-refractivity contribution >= 4 is 6.21 Å². The molecule has 0 aliphatic rings. The molecule has 0 saturated carbocycles. The zero-order chi connectivity index (χ0) is 12.7. The van der Waals surface area contributed by atoms with Crippen LogP contribution in [0.25, 0.3) is 0 Å². The molecule has 1 rings (SSSR count). The predicted octanol–water partition coefficient (Wildman–Crippen LogP) is 0.962. The highest BCUT2D eigenvalue weighted by Gasteiger charge is 2.09. The maximum Gasteiger partial charge on any atom is 0.177 e. The van der Waals surface area contributed by atoms with Gasteiger partial charge in [-0.15, -0.1) is 5.92 Å². The van der Waals surface area contributed by atoms with Crippen LogP contribution in [-0.4, -0.2) is 28.0 Å². The van der Waals surface area contributed by atoms with Gasteiger partial charge < -0.3 is 15.1 Å². The number of aromatic nitrogens is 1. The van der Waals surface area contributed by atoms with Crippen LogP contribution in [0.3, 0.4) is 0 Å². The Morgan fingerprint density at radius 3 is 3.00 bits per heavy atom. The zero-order valence-electron chi connectivity index (χ0n) is 9.77. The lowest BCUT2D eigenvalue weighted by atomic mass is 10.1. The van der Waals surface area contributed by atoms with Crippen molar-refractivity contribution in [2.24, 2.45) is 5.16 Å². The smallest absolute Gasteiger partial charge is 0.177 e. The van der Waals surface area contributed by atoms with Gasteiger partial charge in [-0.1, -0.05) is 11.1 Å². The summed E-state index contributed by atoms with van der Waals surface area (Å²) in [6, 6.07) is 0. The molecular formula is C12H14N2O3. The van der Waals surface area contributed by atoms with Crippen molar-refractivity contribution in [2.75, 3.05) is 6.61 Å². The van der Waals surface area contributed by atoms with E-state index in [1.807, 2.05) is 0 Å². The highest BCUT2D eigenvalue weighted by Crippen LogP contribution is 2.21. The van der Waals surface area contributed by atoms with Gasteiger partial charge in [0, 0.05) is 17.3 Å². The standard InChI is InChI=1S/C12H14N2O3/c1-3-4-5-17-14-7-11-10(8-15)6-13-9(2)12(11)16/h6-7,15-16H,5,8H2,1-2H3/b14-7+. The fourth-order valence-electron chi connectivity index (χ4n) is 1.15. The van der Waals surface area contributed by atoms with E-state index in [4.69, 9.17) is 9.94 Å². The largest absolute Gasteiger partial charge is 0.505 e. The summed E-state index contributed by atoms with van der Waals surface area (Å²) in [5, 5.41) is 22.5. The molecule has 2 N–H and O–H groups in total. The molecule has 17 heavy (non-hydrogen) atoms. The first kappa shape index (κ1) is 13.0. The molecule has 0 bridgehead atoms. The Bertz CT molecular complexity index is 473. The zero-order valence-corrected chi connectivity index (χ0v) is 9.77. The van der Waals surface area contributed by atoms with Crippen molar-refractivity contribution in [1.82, 2.24) is 4.98 Å². The summed E-state index contributed by atoms with van der Waals surface area (Å²) in [5.74, 6) is 5.33. The summed E-state index contributed by atoms with van der Waals surface area (Å²) in [6.45, 7) is 3.33. The van der Waals surface area contributed by atoms with Gasteiger partial charge in [-0.25, -0.2) is 0 Å². The number of pyridine rings is 1. The van der Waals surface area contributed by atoms with Gasteiger partial charge in [0.25, 0.3) is 0 Å². The van der Waals surface area contributed by atoms with Gasteiger partial charge in [-0.3, -0.25) is 4.98 Å². The van der Waals surface area contributed by atoms with Gasteiger partial charge in [0.1, 0.15) is 5.75 Å². The van der Waals surface area contributed by atoms with Gasteiger partial charge in [0.2, 0.25) is 0 Å². The van der Waals surface area contributed by atoms with Crippen molar-refractivity contribution in [3.8, 4) is 17.6 Å². The van der Waals surface area contributed by atoms with Crippen LogP contribution in [0.2, 0.25) is 0 Å². The second-order valence-electron chi connectivity index (χ2n) is 3.22. The Balaban J connectivity index is 2.87. The van der Waals surface area contributed by atoms with Gasteiger partial charge in [-0.05, 0) is 13.8 Å². The number of nitrogens with zero attached hydrogens (tertiary/aromatic N) is 2. The molecule has 0 spiro atoms. The molecule has 0 radical (unpaired) electrons. The molecular weight excluding hydrogens is 220 g/mol. The van der Waals surface area contributed by atoms with Crippen molar-refractivity contribution in [3.05, 3.63) is 23.0 Å². The van der Waals surface area contributed by atoms with E-state index in [-0.39, 0.29) is 19.0 Å². The van der Waals surface area contributed by atoms with Crippen molar-refractivity contribution in [2.45, 2.75) is 20.5 Å². The minimum Gasteiger partial charge on any atom is -0.505 e. The Hall–Kier alpha value is -2.06. The quantitative estimate of drug-likeness (QED) is 0.352. The minimum atomic E-state index is -0.225. The summed E-state index contributed by atoms with van der Waals surface area (Å²) < 4.78 is 0. The van der Waals surface area contributed by atoms with Crippen LogP contribution in [0.5, 0.6) is 5.75 Å². The lowest BCUT2D eigenvalue weighted by Gasteiger charge is -2.06. The van der Waals surface area contributed by atoms with E-state index in [0.29, 0.717) is 16.8 Å². The van der Waals surface area contributed by atoms with Crippen LogP contribution < -0.4 is 0 Å². The Labute approximate surface area is 99.8 Å². The summed E-state index contributed by atoms with van der Waals surface area (Å²) in [6.07, 6.45) is 2.83. The fourth-order valence-corrected chi connectivity index (χ4v) is 1.15. The van der Waals surface area contributed by atoms with Gasteiger partial charge in [0.15, 0.2) is 6.61 Å². The Kier molecular flexibility index (Phi) is 4.98. The second-order valence-corrected chi connectivity index (χ2v) is 3.22. The third kappa shape index (κ3) is 3.47. The molecule has 5 nitrogen and oxygen atoms in total. The average Bonchev–Trinajstić information content (AvgIpc) is 2.34. The van der Waals surface area contributed by atoms with Crippen LogP contribution >= 0.6 is 0 Å². The predicted molar refractivity (Wildman–Crippen MR) is 63.6 cm³/mol. The van der Waals surface area contributed by atoms with Gasteiger partial charge >= 0.3 is 0 Å². The summed E-state index contributed by atoms with van der Waals surface area (Å²) in [4.78, 5) is 8.79. The van der Waals surface area contributed by atoms with Crippen LogP contribution in [0.1, 0.15) is 23.7 Å². The molecule has 1 heterocycles. The number of aryl methyl sites for hydroxylation is 1. The molecule has 1 aromatic heterocycles. The monoisotopic (exact) mass is 234 g/mol. The molecule has 1 aromatic rings. The number of hydrogen-bond acceptors (Lipinski definition) is 5. The first-order valence-electron chi connectivity index (χ1n) is 5.04. The van der Waals surface area contributed by atoms with Gasteiger partial charge in [0.05, 0.1) is 18.5 Å². The number of aliphatic hydroxyl groups is 1. The third-order valence-electron chi connectivity index (χ3n) is 2.10. The van der Waals surface area contributed by atoms with E-state index < -0.39 is 0 Å². The summed E-state index contributed by atoms with van der Waals surface area (Å²) in [7, 11) is 0. The Morgan fingerprint density at radius 2 is 2.35 bits per heavy atom. The first-order valence-corrected chi connectivity index (χ1v) is 5.04. The molecule has 0 saturated heterocycles. The molecule has 0 aliphatic carbocycles. The van der Waals surface area contributed by atoms with E-state index >= 15 is 0 Å². The highest BCUT2D eigenvalue weighted by molar-refractivity contribution is 5.85. The number of rotatable bonds is 4. The van der Waals surface area contributed by atoms with Crippen molar-refractivity contribution in [3.63, 3.8) is 0 Å². The molecule has 0 atom stereocenters. The number of aliphatic hydroxyl groups excluding tert-OH is 1. The van der Waals surface area contributed by atoms with Crippen LogP contribution in [0, 0.1) is 18.8 Å². The van der Waals surface area contributed by atoms with Crippen LogP contribution in [0.15, 0.2) is 11.4 Å². The SMILES string of the molecule is CC#CCO/N=C/c1c(CO)cnc(C)c1O. The summed E-state index contributed by atoms with van der Waals surface area (Å²) in [5.41, 5.74) is 1.36. The van der Waals surface area contributed by atoms with E-state index in [1.54, 1.807) is 13.8 Å². The molecule has 0 amide bonds. The van der Waals surface area contributed by atoms with Crippen LogP contribution in [-0.2, 0) is 11.4 Å². The van der Waals surface area contributed by atoms with Crippen LogP contribution in [0.4, 0.5) is 0 Å². The number of aromatic hydroxyl groups is 1. The number of oxime groups is 1. The lowest BCUT2D eigenvalue weighted by Crippen LogP contribution is -1.98. The molecule has 90 valence electrons. The van der Waals surface area contributed by atoms with Crippen molar-refractivity contribution in [1.29, 1.82) is 0 Å². The molecule has 0 fully saturated rings. The van der Waals surface area contributed by atoms with E-state index in [9.17, 15) is 5.11 Å².